The van der Waals surface area contributed by atoms with E-state index in [4.69, 9.17) is 10.1 Å². The minimum absolute atomic E-state index is 0.0694. The number of benzene rings is 1. The second-order valence-corrected chi connectivity index (χ2v) is 2.93. The van der Waals surface area contributed by atoms with E-state index >= 15 is 0 Å². The fraction of sp³-hybridized carbons (Fsp3) is 0.200. The molecule has 1 aromatic carbocycles. The van der Waals surface area contributed by atoms with Crippen LogP contribution in [0.4, 0.5) is 5.69 Å². The number of anilines is 1. The molecule has 2 rings (SSSR count). The van der Waals surface area contributed by atoms with Gasteiger partial charge >= 0.3 is 0 Å². The topological polar surface area (TPSA) is 53.3 Å². The number of hydrogen-bond donors (Lipinski definition) is 0. The molecule has 1 amide bonds. The summed E-state index contributed by atoms with van der Waals surface area (Å²) in [4.78, 5) is 16.4. The molecule has 0 spiro atoms. The highest BCUT2D eigenvalue weighted by Gasteiger charge is 2.23. The molecule has 14 heavy (non-hydrogen) atoms. The molecule has 0 aliphatic carbocycles. The summed E-state index contributed by atoms with van der Waals surface area (Å²) in [6.07, 6.45) is 0.400. The molecule has 1 aromatic rings. The van der Waals surface area contributed by atoms with Gasteiger partial charge in [0, 0.05) is 0 Å². The van der Waals surface area contributed by atoms with Crippen molar-refractivity contribution in [2.24, 2.45) is 0 Å². The highest BCUT2D eigenvalue weighted by atomic mass is 16.7. The number of carbonyl (C=O) groups is 1. The van der Waals surface area contributed by atoms with Gasteiger partial charge in [0.15, 0.2) is 0 Å². The van der Waals surface area contributed by atoms with Gasteiger partial charge in [-0.3, -0.25) is 9.63 Å². The van der Waals surface area contributed by atoms with Crippen LogP contribution in [-0.4, -0.2) is 12.5 Å². The molecule has 0 saturated carbocycles. The number of carbonyl (C=O) groups excluding carboxylic acids is 1. The Hall–Kier alpha value is -1.86. The Bertz CT molecular complexity index is 409. The maximum absolute atomic E-state index is 11.3. The molecular weight excluding hydrogens is 180 g/mol. The van der Waals surface area contributed by atoms with Crippen LogP contribution in [0.5, 0.6) is 0 Å². The molecule has 0 unspecified atom stereocenters. The summed E-state index contributed by atoms with van der Waals surface area (Å²) in [5.74, 6) is -0.0694. The van der Waals surface area contributed by atoms with Crippen LogP contribution in [0, 0.1) is 11.3 Å². The first-order valence-corrected chi connectivity index (χ1v) is 4.27. The van der Waals surface area contributed by atoms with Gasteiger partial charge in [-0.05, 0) is 18.2 Å². The van der Waals surface area contributed by atoms with Gasteiger partial charge in [0.25, 0.3) is 5.91 Å². The maximum atomic E-state index is 11.3. The van der Waals surface area contributed by atoms with Crippen LogP contribution in [0.25, 0.3) is 0 Å². The minimum Gasteiger partial charge on any atom is -0.272 e. The zero-order chi connectivity index (χ0) is 9.97. The Morgan fingerprint density at radius 1 is 1.50 bits per heavy atom. The zero-order valence-corrected chi connectivity index (χ0v) is 7.43. The van der Waals surface area contributed by atoms with Crippen molar-refractivity contribution in [1.29, 1.82) is 5.26 Å². The zero-order valence-electron chi connectivity index (χ0n) is 7.43. The first-order valence-electron chi connectivity index (χ1n) is 4.27. The van der Waals surface area contributed by atoms with Crippen molar-refractivity contribution in [3.05, 3.63) is 29.8 Å². The van der Waals surface area contributed by atoms with Crippen LogP contribution in [0.3, 0.4) is 0 Å². The van der Waals surface area contributed by atoms with E-state index < -0.39 is 0 Å². The lowest BCUT2D eigenvalue weighted by Crippen LogP contribution is -2.22. The number of nitriles is 1. The molecule has 0 bridgehead atoms. The first-order chi connectivity index (χ1) is 6.81. The van der Waals surface area contributed by atoms with Crippen molar-refractivity contribution >= 4 is 11.6 Å². The Labute approximate surface area is 81.3 Å². The third-order valence-corrected chi connectivity index (χ3v) is 1.97. The van der Waals surface area contributed by atoms with Gasteiger partial charge in [0.2, 0.25) is 0 Å². The molecule has 1 heterocycles. The van der Waals surface area contributed by atoms with Gasteiger partial charge in [-0.2, -0.15) is 10.3 Å². The molecule has 0 N–H and O–H groups in total. The van der Waals surface area contributed by atoms with Crippen molar-refractivity contribution in [1.82, 2.24) is 0 Å². The van der Waals surface area contributed by atoms with Gasteiger partial charge < -0.3 is 0 Å². The largest absolute Gasteiger partial charge is 0.272 e. The maximum Gasteiger partial charge on any atom is 0.253 e. The molecule has 0 radical (unpaired) electrons. The van der Waals surface area contributed by atoms with Crippen LogP contribution in [0.2, 0.25) is 0 Å². The molecule has 1 aliphatic rings. The Balaban J connectivity index is 2.32. The van der Waals surface area contributed by atoms with Crippen molar-refractivity contribution in [2.75, 3.05) is 11.7 Å². The van der Waals surface area contributed by atoms with Gasteiger partial charge in [0.05, 0.1) is 30.3 Å². The van der Waals surface area contributed by atoms with E-state index in [2.05, 4.69) is 0 Å². The molecule has 70 valence electrons. The normalized spacial score (nSPS) is 15.6. The average Bonchev–Trinajstić information content (AvgIpc) is 2.65. The third kappa shape index (κ3) is 1.45. The summed E-state index contributed by atoms with van der Waals surface area (Å²) in [7, 11) is 0. The van der Waals surface area contributed by atoms with E-state index in [1.54, 1.807) is 24.3 Å². The summed E-state index contributed by atoms with van der Waals surface area (Å²) in [6.45, 7) is 0.412. The molecule has 4 nitrogen and oxygen atoms in total. The summed E-state index contributed by atoms with van der Waals surface area (Å²) in [5.41, 5.74) is 1.14. The van der Waals surface area contributed by atoms with Crippen molar-refractivity contribution in [3.63, 3.8) is 0 Å². The van der Waals surface area contributed by atoms with Crippen molar-refractivity contribution < 1.29 is 9.63 Å². The molecule has 4 heteroatoms. The summed E-state index contributed by atoms with van der Waals surface area (Å²) >= 11 is 0. The van der Waals surface area contributed by atoms with Crippen LogP contribution in [0.15, 0.2) is 24.3 Å². The number of hydrogen-bond acceptors (Lipinski definition) is 3. The lowest BCUT2D eigenvalue weighted by Gasteiger charge is -2.13. The third-order valence-electron chi connectivity index (χ3n) is 1.97. The van der Waals surface area contributed by atoms with Gasteiger partial charge in [-0.1, -0.05) is 6.07 Å². The van der Waals surface area contributed by atoms with Crippen LogP contribution in [-0.2, 0) is 9.63 Å². The number of hydroxylamine groups is 1. The Morgan fingerprint density at radius 3 is 3.00 bits per heavy atom. The Kier molecular flexibility index (Phi) is 2.17. The van der Waals surface area contributed by atoms with E-state index in [9.17, 15) is 4.79 Å². The van der Waals surface area contributed by atoms with E-state index in [0.29, 0.717) is 24.3 Å². The van der Waals surface area contributed by atoms with Crippen LogP contribution < -0.4 is 5.06 Å². The smallest absolute Gasteiger partial charge is 0.253 e. The van der Waals surface area contributed by atoms with E-state index in [1.165, 1.54) is 5.06 Å². The fourth-order valence-corrected chi connectivity index (χ4v) is 1.32. The van der Waals surface area contributed by atoms with Gasteiger partial charge in [0.1, 0.15) is 0 Å². The SMILES string of the molecule is N#Cc1cccc(N2OCCC2=O)c1. The predicted molar refractivity (Wildman–Crippen MR) is 49.2 cm³/mol. The van der Waals surface area contributed by atoms with Crippen LogP contribution >= 0.6 is 0 Å². The second kappa shape index (κ2) is 3.48. The minimum atomic E-state index is -0.0694. The lowest BCUT2D eigenvalue weighted by molar-refractivity contribution is -0.119. The number of amides is 1. The van der Waals surface area contributed by atoms with E-state index in [0.717, 1.165) is 0 Å². The lowest BCUT2D eigenvalue weighted by atomic mass is 10.2. The monoisotopic (exact) mass is 188 g/mol. The fourth-order valence-electron chi connectivity index (χ4n) is 1.32. The first kappa shape index (κ1) is 8.73. The summed E-state index contributed by atoms with van der Waals surface area (Å²) < 4.78 is 0. The summed E-state index contributed by atoms with van der Waals surface area (Å²) in [5, 5.41) is 9.91. The highest BCUT2D eigenvalue weighted by molar-refractivity contribution is 5.92. The van der Waals surface area contributed by atoms with E-state index in [1.807, 2.05) is 6.07 Å². The average molecular weight is 188 g/mol. The van der Waals surface area contributed by atoms with Crippen molar-refractivity contribution in [3.8, 4) is 6.07 Å². The molecule has 1 fully saturated rings. The second-order valence-electron chi connectivity index (χ2n) is 2.93. The van der Waals surface area contributed by atoms with Gasteiger partial charge in [-0.25, -0.2) is 0 Å². The Morgan fingerprint density at radius 2 is 2.36 bits per heavy atom. The quantitative estimate of drug-likeness (QED) is 0.666. The number of rotatable bonds is 1. The van der Waals surface area contributed by atoms with E-state index in [-0.39, 0.29) is 5.91 Å². The van der Waals surface area contributed by atoms with Crippen molar-refractivity contribution in [2.45, 2.75) is 6.42 Å². The molecule has 0 aromatic heterocycles. The molecular formula is C10H8N2O2. The summed E-state index contributed by atoms with van der Waals surface area (Å²) in [6, 6.07) is 8.79. The molecule has 0 atom stereocenters. The van der Waals surface area contributed by atoms with Crippen LogP contribution in [0.1, 0.15) is 12.0 Å². The predicted octanol–water partition coefficient (Wildman–Crippen LogP) is 1.23. The number of nitrogens with zero attached hydrogens (tertiary/aromatic N) is 2. The molecule has 1 aliphatic heterocycles. The molecule has 1 saturated heterocycles. The standard InChI is InChI=1S/C10H8N2O2/c11-7-8-2-1-3-9(6-8)12-10(13)4-5-14-12/h1-3,6H,4-5H2. The van der Waals surface area contributed by atoms with Gasteiger partial charge in [-0.15, -0.1) is 0 Å². The highest BCUT2D eigenvalue weighted by Crippen LogP contribution is 2.20.